The predicted molar refractivity (Wildman–Crippen MR) is 102 cm³/mol. The average Bonchev–Trinajstić information content (AvgIpc) is 2.43. The molecule has 0 bridgehead atoms. The Kier molecular flexibility index (Phi) is 7.43. The lowest BCUT2D eigenvalue weighted by atomic mass is 9.15. The third-order valence-electron chi connectivity index (χ3n) is 4.51. The fourth-order valence-electron chi connectivity index (χ4n) is 2.80. The molecule has 0 spiro atoms. The first-order valence-electron chi connectivity index (χ1n) is 8.17. The number of nitrogens with two attached hydrogens (primary N) is 3. The molecule has 21 heavy (non-hydrogen) atoms. The van der Waals surface area contributed by atoms with Gasteiger partial charge in [-0.2, -0.15) is 0 Å². The molecule has 1 aliphatic rings. The van der Waals surface area contributed by atoms with Crippen molar-refractivity contribution in [1.82, 2.24) is 14.4 Å². The van der Waals surface area contributed by atoms with Crippen LogP contribution in [0.4, 0.5) is 0 Å². The van der Waals surface area contributed by atoms with E-state index < -0.39 is 0 Å². The third-order valence-corrected chi connectivity index (χ3v) is 4.51. The molecule has 0 aromatic carbocycles. The van der Waals surface area contributed by atoms with Gasteiger partial charge in [0.25, 0.3) is 29.1 Å². The molecule has 1 heterocycles. The van der Waals surface area contributed by atoms with E-state index in [0.717, 1.165) is 15.1 Å². The zero-order chi connectivity index (χ0) is 16.3. The molecule has 6 nitrogen and oxygen atoms in total. The van der Waals surface area contributed by atoms with Crippen molar-refractivity contribution < 1.29 is 0 Å². The summed E-state index contributed by atoms with van der Waals surface area (Å²) < 4.78 is 4.53. The molecule has 0 amide bonds. The van der Waals surface area contributed by atoms with Crippen LogP contribution in [0.25, 0.3) is 0 Å². The van der Waals surface area contributed by atoms with E-state index in [1.807, 2.05) is 0 Å². The monoisotopic (exact) mass is 288 g/mol. The molecule has 114 valence electrons. The van der Waals surface area contributed by atoms with Gasteiger partial charge in [-0.25, -0.2) is 0 Å². The number of rotatable bonds is 6. The van der Waals surface area contributed by atoms with Gasteiger partial charge in [0.1, 0.15) is 0 Å². The molecule has 0 radical (unpaired) electrons. The Morgan fingerprint density at radius 3 is 1.48 bits per heavy atom. The molecule has 0 aromatic rings. The van der Waals surface area contributed by atoms with Crippen molar-refractivity contribution in [3.8, 4) is 0 Å². The summed E-state index contributed by atoms with van der Waals surface area (Å²) in [5.74, 6) is 1.10. The van der Waals surface area contributed by atoms with Crippen LogP contribution in [-0.2, 0) is 0 Å². The molecule has 0 unspecified atom stereocenters. The van der Waals surface area contributed by atoms with Crippen molar-refractivity contribution in [2.75, 3.05) is 0 Å². The smallest absolute Gasteiger partial charge is 0.286 e. The van der Waals surface area contributed by atoms with Gasteiger partial charge < -0.3 is 31.3 Å². The molecular weight excluding hydrogens is 257 g/mol. The van der Waals surface area contributed by atoms with Crippen molar-refractivity contribution >= 4 is 42.7 Å². The summed E-state index contributed by atoms with van der Waals surface area (Å²) in [6, 6.07) is 0. The lowest BCUT2D eigenvalue weighted by molar-refractivity contribution is 0.786. The summed E-state index contributed by atoms with van der Waals surface area (Å²) in [6.07, 6.45) is 0. The Morgan fingerprint density at radius 1 is 0.810 bits per heavy atom. The highest BCUT2D eigenvalue weighted by molar-refractivity contribution is 7.26. The molecule has 1 saturated heterocycles. The molecule has 0 atom stereocenters. The SMILES string of the molecule is CC(C)B(N)B1N(B(N)C(C)C)BNBN1B(N)C(C)C. The Balaban J connectivity index is 3.06. The van der Waals surface area contributed by atoms with Crippen LogP contribution in [0, 0.1) is 0 Å². The van der Waals surface area contributed by atoms with Crippen LogP contribution >= 0.6 is 0 Å². The van der Waals surface area contributed by atoms with Gasteiger partial charge in [0, 0.05) is 0 Å². The van der Waals surface area contributed by atoms with Crippen molar-refractivity contribution in [2.45, 2.75) is 59.0 Å². The Morgan fingerprint density at radius 2 is 1.19 bits per heavy atom. The summed E-state index contributed by atoms with van der Waals surface area (Å²) in [7, 11) is 1.51. The number of nitrogens with zero attached hydrogens (tertiary/aromatic N) is 2. The van der Waals surface area contributed by atoms with Crippen LogP contribution in [0.3, 0.4) is 0 Å². The fraction of sp³-hybridized carbons (Fsp3) is 1.00. The van der Waals surface area contributed by atoms with Crippen molar-refractivity contribution in [3.05, 3.63) is 0 Å². The Labute approximate surface area is 133 Å². The lowest BCUT2D eigenvalue weighted by Gasteiger charge is -2.49. The first kappa shape index (κ1) is 19.2. The second kappa shape index (κ2) is 8.13. The molecular formula is C9H30B6N6. The molecule has 1 fully saturated rings. The predicted octanol–water partition coefficient (Wildman–Crippen LogP) is -1.63. The zero-order valence-corrected chi connectivity index (χ0v) is 14.6. The normalized spacial score (nSPS) is 17.2. The summed E-state index contributed by atoms with van der Waals surface area (Å²) in [5.41, 5.74) is 19.4. The molecule has 1 rings (SSSR count). The molecule has 0 saturated carbocycles. The Bertz CT molecular complexity index is 299. The van der Waals surface area contributed by atoms with Gasteiger partial charge in [-0.3, -0.25) is 0 Å². The van der Waals surface area contributed by atoms with Gasteiger partial charge in [-0.1, -0.05) is 47.4 Å². The number of hydrogen-bond donors (Lipinski definition) is 4. The van der Waals surface area contributed by atoms with Crippen LogP contribution in [0.1, 0.15) is 41.5 Å². The Hall–Kier alpha value is 0.150. The largest absolute Gasteiger partial charge is 0.395 e. The molecule has 0 aliphatic carbocycles. The average molecular weight is 287 g/mol. The van der Waals surface area contributed by atoms with E-state index in [-0.39, 0.29) is 27.6 Å². The van der Waals surface area contributed by atoms with Crippen LogP contribution in [0.5, 0.6) is 0 Å². The van der Waals surface area contributed by atoms with E-state index in [4.69, 9.17) is 16.9 Å². The summed E-state index contributed by atoms with van der Waals surface area (Å²) in [6.45, 7) is 12.9. The van der Waals surface area contributed by atoms with Crippen LogP contribution < -0.4 is 22.1 Å². The molecule has 1 aliphatic heterocycles. The van der Waals surface area contributed by atoms with Gasteiger partial charge >= 0.3 is 0 Å². The maximum atomic E-state index is 6.53. The van der Waals surface area contributed by atoms with Gasteiger partial charge in [0.05, 0.1) is 0 Å². The van der Waals surface area contributed by atoms with Gasteiger partial charge in [0.15, 0.2) is 0 Å². The first-order chi connectivity index (χ1) is 9.68. The van der Waals surface area contributed by atoms with E-state index in [1.54, 1.807) is 0 Å². The number of nitrogens with one attached hydrogen (secondary N) is 1. The quantitative estimate of drug-likeness (QED) is 0.438. The topological polar surface area (TPSA) is 96.6 Å². The minimum atomic E-state index is -0.0329. The summed E-state index contributed by atoms with van der Waals surface area (Å²) in [5, 5.41) is 3.42. The lowest BCUT2D eigenvalue weighted by Crippen LogP contribution is -2.82. The highest BCUT2D eigenvalue weighted by Crippen LogP contribution is 2.19. The fourth-order valence-corrected chi connectivity index (χ4v) is 2.80. The highest BCUT2D eigenvalue weighted by atomic mass is 15.2. The minimum absolute atomic E-state index is 0.0155. The highest BCUT2D eigenvalue weighted by Gasteiger charge is 2.47. The van der Waals surface area contributed by atoms with Crippen LogP contribution in [-0.4, -0.2) is 51.9 Å². The van der Waals surface area contributed by atoms with Crippen LogP contribution in [0.15, 0.2) is 0 Å². The standard InChI is InChI=1S/C9H30B6N6/c1-7(2)12(16)15-20(13(17)8(3)4)10-19-11-21(15)14(18)9(5)6/h7-11,19H,16-18H2,1-6H3. The second-order valence-electron chi connectivity index (χ2n) is 7.30. The van der Waals surface area contributed by atoms with E-state index in [0.29, 0.717) is 17.5 Å². The van der Waals surface area contributed by atoms with Crippen molar-refractivity contribution in [3.63, 3.8) is 0 Å². The maximum absolute atomic E-state index is 6.53. The summed E-state index contributed by atoms with van der Waals surface area (Å²) in [4.78, 5) is 0. The van der Waals surface area contributed by atoms with Gasteiger partial charge in [0.2, 0.25) is 13.6 Å². The zero-order valence-electron chi connectivity index (χ0n) is 14.6. The second-order valence-corrected chi connectivity index (χ2v) is 7.30. The van der Waals surface area contributed by atoms with Gasteiger partial charge in [-0.05, 0) is 11.6 Å². The summed E-state index contributed by atoms with van der Waals surface area (Å²) >= 11 is 0. The maximum Gasteiger partial charge on any atom is 0.286 e. The molecule has 7 N–H and O–H groups in total. The minimum Gasteiger partial charge on any atom is -0.395 e. The first-order valence-corrected chi connectivity index (χ1v) is 8.17. The van der Waals surface area contributed by atoms with Crippen molar-refractivity contribution in [2.24, 2.45) is 16.9 Å². The third kappa shape index (κ3) is 4.56. The van der Waals surface area contributed by atoms with Crippen LogP contribution in [0.2, 0.25) is 17.5 Å². The van der Waals surface area contributed by atoms with Gasteiger partial charge in [-0.15, -0.1) is 0 Å². The van der Waals surface area contributed by atoms with E-state index >= 15 is 0 Å². The van der Waals surface area contributed by atoms with E-state index in [2.05, 4.69) is 55.9 Å². The molecule has 12 heteroatoms. The van der Waals surface area contributed by atoms with Crippen molar-refractivity contribution in [1.29, 1.82) is 0 Å². The molecule has 0 aromatic heterocycles. The van der Waals surface area contributed by atoms with E-state index in [9.17, 15) is 0 Å². The number of hydrogen-bond acceptors (Lipinski definition) is 6. The van der Waals surface area contributed by atoms with E-state index in [1.165, 1.54) is 0 Å².